The van der Waals surface area contributed by atoms with Crippen molar-refractivity contribution in [1.82, 2.24) is 10.2 Å². The van der Waals surface area contributed by atoms with Gasteiger partial charge in [0.15, 0.2) is 0 Å². The van der Waals surface area contributed by atoms with Gasteiger partial charge in [-0.2, -0.15) is 0 Å². The van der Waals surface area contributed by atoms with Crippen LogP contribution in [0, 0.1) is 5.41 Å². The van der Waals surface area contributed by atoms with Crippen molar-refractivity contribution in [2.24, 2.45) is 5.41 Å². The van der Waals surface area contributed by atoms with Crippen LogP contribution >= 0.6 is 0 Å². The van der Waals surface area contributed by atoms with Gasteiger partial charge in [0.05, 0.1) is 12.0 Å². The molecule has 0 aromatic heterocycles. The standard InChI is InChI=1S/C14H28N2O2/c1-4-14(7-9-15-10-8-14)13(17)16(5-2)11-12-18-6-3/h15H,4-12H2,1-3H3. The van der Waals surface area contributed by atoms with E-state index < -0.39 is 0 Å². The average molecular weight is 256 g/mol. The SMILES string of the molecule is CCOCCN(CC)C(=O)C1(CC)CCNCC1. The summed E-state index contributed by atoms with van der Waals surface area (Å²) < 4.78 is 5.36. The molecule has 1 aliphatic heterocycles. The molecular weight excluding hydrogens is 228 g/mol. The smallest absolute Gasteiger partial charge is 0.228 e. The second-order valence-corrected chi connectivity index (χ2v) is 4.97. The fraction of sp³-hybridized carbons (Fsp3) is 0.929. The predicted molar refractivity (Wildman–Crippen MR) is 73.6 cm³/mol. The molecule has 0 aromatic carbocycles. The number of hydrogen-bond acceptors (Lipinski definition) is 3. The van der Waals surface area contributed by atoms with Crippen LogP contribution in [0.15, 0.2) is 0 Å². The minimum atomic E-state index is -0.131. The maximum atomic E-state index is 12.7. The van der Waals surface area contributed by atoms with Gasteiger partial charge in [0.2, 0.25) is 5.91 Å². The van der Waals surface area contributed by atoms with E-state index in [1.807, 2.05) is 18.7 Å². The number of carbonyl (C=O) groups is 1. The quantitative estimate of drug-likeness (QED) is 0.704. The van der Waals surface area contributed by atoms with Crippen LogP contribution in [-0.4, -0.2) is 50.2 Å². The number of hydrogen-bond donors (Lipinski definition) is 1. The molecule has 0 atom stereocenters. The van der Waals surface area contributed by atoms with E-state index in [9.17, 15) is 4.79 Å². The van der Waals surface area contributed by atoms with E-state index in [0.29, 0.717) is 19.1 Å². The summed E-state index contributed by atoms with van der Waals surface area (Å²) in [6.07, 6.45) is 2.87. The summed E-state index contributed by atoms with van der Waals surface area (Å²) in [7, 11) is 0. The van der Waals surface area contributed by atoms with Crippen LogP contribution in [0.2, 0.25) is 0 Å². The monoisotopic (exact) mass is 256 g/mol. The lowest BCUT2D eigenvalue weighted by Gasteiger charge is -2.39. The van der Waals surface area contributed by atoms with Crippen LogP contribution in [0.3, 0.4) is 0 Å². The number of nitrogens with one attached hydrogen (secondary N) is 1. The van der Waals surface area contributed by atoms with Crippen molar-refractivity contribution in [1.29, 1.82) is 0 Å². The minimum Gasteiger partial charge on any atom is -0.380 e. The molecule has 106 valence electrons. The third kappa shape index (κ3) is 3.69. The summed E-state index contributed by atoms with van der Waals surface area (Å²) >= 11 is 0. The zero-order valence-electron chi connectivity index (χ0n) is 12.1. The first kappa shape index (κ1) is 15.4. The van der Waals surface area contributed by atoms with E-state index >= 15 is 0 Å². The highest BCUT2D eigenvalue weighted by Crippen LogP contribution is 2.34. The first-order chi connectivity index (χ1) is 8.70. The Morgan fingerprint density at radius 3 is 2.44 bits per heavy atom. The summed E-state index contributed by atoms with van der Waals surface area (Å²) in [6, 6.07) is 0. The lowest BCUT2D eigenvalue weighted by atomic mass is 9.75. The second-order valence-electron chi connectivity index (χ2n) is 4.97. The van der Waals surface area contributed by atoms with E-state index in [-0.39, 0.29) is 5.41 Å². The van der Waals surface area contributed by atoms with Crippen molar-refractivity contribution in [2.75, 3.05) is 39.4 Å². The maximum Gasteiger partial charge on any atom is 0.228 e. The topological polar surface area (TPSA) is 41.6 Å². The summed E-state index contributed by atoms with van der Waals surface area (Å²) in [6.45, 7) is 11.0. The summed E-state index contributed by atoms with van der Waals surface area (Å²) in [5.41, 5.74) is -0.131. The van der Waals surface area contributed by atoms with Gasteiger partial charge in [-0.05, 0) is 46.2 Å². The molecule has 0 radical (unpaired) electrons. The van der Waals surface area contributed by atoms with Gasteiger partial charge >= 0.3 is 0 Å². The largest absolute Gasteiger partial charge is 0.380 e. The number of ether oxygens (including phenoxy) is 1. The third-order valence-corrected chi connectivity index (χ3v) is 4.07. The Bertz CT molecular complexity index is 250. The van der Waals surface area contributed by atoms with Crippen molar-refractivity contribution >= 4 is 5.91 Å². The van der Waals surface area contributed by atoms with Gasteiger partial charge in [-0.3, -0.25) is 4.79 Å². The van der Waals surface area contributed by atoms with Crippen molar-refractivity contribution in [3.63, 3.8) is 0 Å². The molecule has 0 aromatic rings. The Kier molecular flexibility index (Phi) is 6.65. The van der Waals surface area contributed by atoms with E-state index in [1.165, 1.54) is 0 Å². The van der Waals surface area contributed by atoms with E-state index in [0.717, 1.165) is 45.4 Å². The predicted octanol–water partition coefficient (Wildman–Crippen LogP) is 1.65. The molecule has 1 saturated heterocycles. The highest BCUT2D eigenvalue weighted by molar-refractivity contribution is 5.82. The number of piperidine rings is 1. The molecule has 4 nitrogen and oxygen atoms in total. The molecule has 0 unspecified atom stereocenters. The second kappa shape index (κ2) is 7.74. The highest BCUT2D eigenvalue weighted by atomic mass is 16.5. The molecule has 1 heterocycles. The van der Waals surface area contributed by atoms with Crippen LogP contribution in [0.25, 0.3) is 0 Å². The Balaban J connectivity index is 2.61. The van der Waals surface area contributed by atoms with Crippen molar-refractivity contribution in [3.8, 4) is 0 Å². The number of carbonyl (C=O) groups excluding carboxylic acids is 1. The van der Waals surface area contributed by atoms with Gasteiger partial charge in [0.1, 0.15) is 0 Å². The van der Waals surface area contributed by atoms with Gasteiger partial charge in [-0.25, -0.2) is 0 Å². The molecule has 1 rings (SSSR count). The van der Waals surface area contributed by atoms with Gasteiger partial charge < -0.3 is 15.0 Å². The molecule has 1 aliphatic rings. The Hall–Kier alpha value is -0.610. The van der Waals surface area contributed by atoms with E-state index in [1.54, 1.807) is 0 Å². The fourth-order valence-electron chi connectivity index (χ4n) is 2.68. The van der Waals surface area contributed by atoms with Crippen LogP contribution in [0.4, 0.5) is 0 Å². The number of amides is 1. The molecule has 4 heteroatoms. The zero-order valence-corrected chi connectivity index (χ0v) is 12.1. The van der Waals surface area contributed by atoms with Crippen LogP contribution in [0.1, 0.15) is 40.0 Å². The van der Waals surface area contributed by atoms with Gasteiger partial charge in [0.25, 0.3) is 0 Å². The Labute approximate surface area is 111 Å². The molecule has 1 N–H and O–H groups in total. The minimum absolute atomic E-state index is 0.131. The number of rotatable bonds is 7. The Morgan fingerprint density at radius 1 is 1.28 bits per heavy atom. The van der Waals surface area contributed by atoms with E-state index in [4.69, 9.17) is 4.74 Å². The molecule has 0 aliphatic carbocycles. The Morgan fingerprint density at radius 2 is 1.94 bits per heavy atom. The van der Waals surface area contributed by atoms with Gasteiger partial charge in [0, 0.05) is 19.7 Å². The van der Waals surface area contributed by atoms with Crippen molar-refractivity contribution < 1.29 is 9.53 Å². The molecule has 1 amide bonds. The van der Waals surface area contributed by atoms with Crippen LogP contribution < -0.4 is 5.32 Å². The first-order valence-electron chi connectivity index (χ1n) is 7.28. The first-order valence-corrected chi connectivity index (χ1v) is 7.28. The maximum absolute atomic E-state index is 12.7. The normalized spacial score (nSPS) is 18.6. The van der Waals surface area contributed by atoms with Crippen LogP contribution in [0.5, 0.6) is 0 Å². The lowest BCUT2D eigenvalue weighted by molar-refractivity contribution is -0.144. The van der Waals surface area contributed by atoms with Gasteiger partial charge in [-0.1, -0.05) is 6.92 Å². The van der Waals surface area contributed by atoms with E-state index in [2.05, 4.69) is 12.2 Å². The molecule has 0 saturated carbocycles. The molecule has 18 heavy (non-hydrogen) atoms. The molecular formula is C14H28N2O2. The molecule has 1 fully saturated rings. The summed E-state index contributed by atoms with van der Waals surface area (Å²) in [5, 5.41) is 3.34. The number of nitrogens with zero attached hydrogens (tertiary/aromatic N) is 1. The zero-order chi connectivity index (χ0) is 13.4. The van der Waals surface area contributed by atoms with Crippen molar-refractivity contribution in [2.45, 2.75) is 40.0 Å². The van der Waals surface area contributed by atoms with Crippen molar-refractivity contribution in [3.05, 3.63) is 0 Å². The third-order valence-electron chi connectivity index (χ3n) is 4.07. The van der Waals surface area contributed by atoms with Crippen LogP contribution in [-0.2, 0) is 9.53 Å². The molecule has 0 spiro atoms. The summed E-state index contributed by atoms with van der Waals surface area (Å²) in [4.78, 5) is 14.7. The highest BCUT2D eigenvalue weighted by Gasteiger charge is 2.39. The summed E-state index contributed by atoms with van der Waals surface area (Å²) in [5.74, 6) is 0.328. The molecule has 0 bridgehead atoms. The average Bonchev–Trinajstić information content (AvgIpc) is 2.44. The van der Waals surface area contributed by atoms with Gasteiger partial charge in [-0.15, -0.1) is 0 Å². The number of likely N-dealkylation sites (N-methyl/N-ethyl adjacent to an activating group) is 1. The fourth-order valence-corrected chi connectivity index (χ4v) is 2.68. The lowest BCUT2D eigenvalue weighted by Crippen LogP contribution is -2.49.